The largest absolute Gasteiger partial charge is 0.425 e. The number of aryl methyl sites for hydroxylation is 1. The number of amides is 1. The van der Waals surface area contributed by atoms with Crippen molar-refractivity contribution in [1.82, 2.24) is 20.4 Å². The van der Waals surface area contributed by atoms with Crippen molar-refractivity contribution in [3.63, 3.8) is 0 Å². The topological polar surface area (TPSA) is 71.3 Å². The number of hydrogen-bond donors (Lipinski definition) is 1. The van der Waals surface area contributed by atoms with E-state index in [-0.39, 0.29) is 12.3 Å². The summed E-state index contributed by atoms with van der Waals surface area (Å²) in [6, 6.07) is 0.480. The van der Waals surface area contributed by atoms with Crippen molar-refractivity contribution >= 4 is 5.91 Å². The number of aromatic nitrogens is 2. The van der Waals surface area contributed by atoms with E-state index in [0.29, 0.717) is 24.4 Å². The molecule has 2 heterocycles. The normalized spacial score (nSPS) is 19.8. The minimum atomic E-state index is -0.0491. The van der Waals surface area contributed by atoms with Gasteiger partial charge in [0.1, 0.15) is 6.42 Å². The van der Waals surface area contributed by atoms with E-state index < -0.39 is 0 Å². The third-order valence-electron chi connectivity index (χ3n) is 3.42. The van der Waals surface area contributed by atoms with Crippen LogP contribution in [-0.4, -0.2) is 46.7 Å². The molecule has 6 heteroatoms. The molecule has 1 N–H and O–H groups in total. The van der Waals surface area contributed by atoms with Crippen LogP contribution in [0, 0.1) is 6.92 Å². The lowest BCUT2D eigenvalue weighted by molar-refractivity contribution is -0.120. The summed E-state index contributed by atoms with van der Waals surface area (Å²) >= 11 is 0. The number of nitrogens with zero attached hydrogens (tertiary/aromatic N) is 3. The average molecular weight is 266 g/mol. The number of hydrogen-bond acceptors (Lipinski definition) is 5. The van der Waals surface area contributed by atoms with Crippen LogP contribution in [0.15, 0.2) is 4.42 Å². The Labute approximate surface area is 113 Å². The van der Waals surface area contributed by atoms with Gasteiger partial charge in [-0.15, -0.1) is 10.2 Å². The van der Waals surface area contributed by atoms with Gasteiger partial charge in [0.2, 0.25) is 17.7 Å². The summed E-state index contributed by atoms with van der Waals surface area (Å²) in [5.74, 6) is 0.826. The minimum Gasteiger partial charge on any atom is -0.425 e. The molecule has 1 aliphatic rings. The van der Waals surface area contributed by atoms with Crippen LogP contribution < -0.4 is 5.32 Å². The molecule has 19 heavy (non-hydrogen) atoms. The summed E-state index contributed by atoms with van der Waals surface area (Å²) in [7, 11) is 0. The van der Waals surface area contributed by atoms with Gasteiger partial charge < -0.3 is 9.73 Å². The number of carbonyl (C=O) groups excluding carboxylic acids is 1. The monoisotopic (exact) mass is 266 g/mol. The molecule has 106 valence electrons. The second-order valence-corrected chi connectivity index (χ2v) is 5.03. The van der Waals surface area contributed by atoms with Crippen molar-refractivity contribution in [2.75, 3.05) is 19.6 Å². The lowest BCUT2D eigenvalue weighted by Crippen LogP contribution is -2.40. The molecule has 0 unspecified atom stereocenters. The lowest BCUT2D eigenvalue weighted by Gasteiger charge is -2.23. The Bertz CT molecular complexity index is 419. The molecule has 0 radical (unpaired) electrons. The van der Waals surface area contributed by atoms with Gasteiger partial charge in [-0.1, -0.05) is 6.92 Å². The number of rotatable bonds is 6. The fraction of sp³-hybridized carbons (Fsp3) is 0.769. The highest BCUT2D eigenvalue weighted by molar-refractivity contribution is 5.77. The molecule has 0 aliphatic carbocycles. The van der Waals surface area contributed by atoms with Gasteiger partial charge in [0, 0.05) is 19.5 Å². The zero-order chi connectivity index (χ0) is 13.7. The SMILES string of the molecule is CCCN1CCC[C@H]1CNC(=O)Cc1nnc(C)o1. The van der Waals surface area contributed by atoms with Crippen LogP contribution >= 0.6 is 0 Å². The van der Waals surface area contributed by atoms with Crippen LogP contribution in [-0.2, 0) is 11.2 Å². The van der Waals surface area contributed by atoms with Crippen molar-refractivity contribution < 1.29 is 9.21 Å². The highest BCUT2D eigenvalue weighted by atomic mass is 16.4. The average Bonchev–Trinajstić information content (AvgIpc) is 2.97. The van der Waals surface area contributed by atoms with E-state index in [4.69, 9.17) is 4.42 Å². The summed E-state index contributed by atoms with van der Waals surface area (Å²) in [5, 5.41) is 10.5. The molecular formula is C13H22N4O2. The second-order valence-electron chi connectivity index (χ2n) is 5.03. The van der Waals surface area contributed by atoms with E-state index in [9.17, 15) is 4.79 Å². The lowest BCUT2D eigenvalue weighted by atomic mass is 10.2. The Morgan fingerprint density at radius 1 is 1.53 bits per heavy atom. The Kier molecular flexibility index (Phi) is 4.90. The van der Waals surface area contributed by atoms with Gasteiger partial charge in [0.25, 0.3) is 0 Å². The van der Waals surface area contributed by atoms with Crippen LogP contribution in [0.2, 0.25) is 0 Å². The highest BCUT2D eigenvalue weighted by Crippen LogP contribution is 2.16. The molecule has 2 rings (SSSR count). The highest BCUT2D eigenvalue weighted by Gasteiger charge is 2.23. The van der Waals surface area contributed by atoms with Gasteiger partial charge in [0.05, 0.1) is 0 Å². The van der Waals surface area contributed by atoms with Gasteiger partial charge in [-0.2, -0.15) is 0 Å². The smallest absolute Gasteiger partial charge is 0.229 e. The van der Waals surface area contributed by atoms with E-state index >= 15 is 0 Å². The molecule has 6 nitrogen and oxygen atoms in total. The van der Waals surface area contributed by atoms with E-state index in [1.807, 2.05) is 0 Å². The van der Waals surface area contributed by atoms with E-state index in [1.165, 1.54) is 12.8 Å². The zero-order valence-electron chi connectivity index (χ0n) is 11.7. The quantitative estimate of drug-likeness (QED) is 0.828. The number of carbonyl (C=O) groups is 1. The standard InChI is InChI=1S/C13H22N4O2/c1-3-6-17-7-4-5-11(17)9-14-12(18)8-13-16-15-10(2)19-13/h11H,3-9H2,1-2H3,(H,14,18)/t11-/m0/s1. The molecule has 1 amide bonds. The molecule has 1 fully saturated rings. The zero-order valence-corrected chi connectivity index (χ0v) is 11.7. The van der Waals surface area contributed by atoms with Crippen molar-refractivity contribution in [1.29, 1.82) is 0 Å². The van der Waals surface area contributed by atoms with Crippen LogP contribution in [0.3, 0.4) is 0 Å². The Balaban J connectivity index is 1.74. The predicted molar refractivity (Wildman–Crippen MR) is 70.6 cm³/mol. The first kappa shape index (κ1) is 14.0. The predicted octanol–water partition coefficient (Wildman–Crippen LogP) is 0.911. The molecule has 0 bridgehead atoms. The Hall–Kier alpha value is -1.43. The fourth-order valence-corrected chi connectivity index (χ4v) is 2.55. The van der Waals surface area contributed by atoms with Crippen molar-refractivity contribution in [3.8, 4) is 0 Å². The van der Waals surface area contributed by atoms with Crippen molar-refractivity contribution in [2.24, 2.45) is 0 Å². The summed E-state index contributed by atoms with van der Waals surface area (Å²) in [6.07, 6.45) is 3.72. The first-order valence-corrected chi connectivity index (χ1v) is 6.98. The third-order valence-corrected chi connectivity index (χ3v) is 3.42. The third kappa shape index (κ3) is 4.02. The first-order chi connectivity index (χ1) is 9.19. The van der Waals surface area contributed by atoms with Crippen molar-refractivity contribution in [2.45, 2.75) is 45.6 Å². The summed E-state index contributed by atoms with van der Waals surface area (Å²) in [6.45, 7) is 6.88. The van der Waals surface area contributed by atoms with Gasteiger partial charge in [-0.05, 0) is 32.4 Å². The van der Waals surface area contributed by atoms with E-state index in [0.717, 1.165) is 19.5 Å². The first-order valence-electron chi connectivity index (χ1n) is 6.98. The van der Waals surface area contributed by atoms with Crippen LogP contribution in [0.1, 0.15) is 38.0 Å². The molecular weight excluding hydrogens is 244 g/mol. The Morgan fingerprint density at radius 2 is 2.37 bits per heavy atom. The molecule has 1 aromatic rings. The maximum absolute atomic E-state index is 11.8. The fourth-order valence-electron chi connectivity index (χ4n) is 2.55. The molecule has 1 aliphatic heterocycles. The molecule has 1 aromatic heterocycles. The van der Waals surface area contributed by atoms with Gasteiger partial charge in [-0.25, -0.2) is 0 Å². The van der Waals surface area contributed by atoms with Crippen LogP contribution in [0.5, 0.6) is 0 Å². The Morgan fingerprint density at radius 3 is 3.05 bits per heavy atom. The molecule has 1 atom stereocenters. The second kappa shape index (κ2) is 6.65. The summed E-state index contributed by atoms with van der Waals surface area (Å²) in [4.78, 5) is 14.2. The molecule has 0 aromatic carbocycles. The van der Waals surface area contributed by atoms with Gasteiger partial charge in [-0.3, -0.25) is 9.69 Å². The summed E-state index contributed by atoms with van der Waals surface area (Å²) in [5.41, 5.74) is 0. The minimum absolute atomic E-state index is 0.0491. The van der Waals surface area contributed by atoms with Gasteiger partial charge in [0.15, 0.2) is 0 Å². The number of nitrogens with one attached hydrogen (secondary N) is 1. The maximum Gasteiger partial charge on any atom is 0.229 e. The maximum atomic E-state index is 11.8. The van der Waals surface area contributed by atoms with E-state index in [1.54, 1.807) is 6.92 Å². The molecule has 0 spiro atoms. The van der Waals surface area contributed by atoms with Crippen LogP contribution in [0.25, 0.3) is 0 Å². The number of likely N-dealkylation sites (tertiary alicyclic amines) is 1. The van der Waals surface area contributed by atoms with Crippen LogP contribution in [0.4, 0.5) is 0 Å². The van der Waals surface area contributed by atoms with Gasteiger partial charge >= 0.3 is 0 Å². The van der Waals surface area contributed by atoms with E-state index in [2.05, 4.69) is 27.3 Å². The summed E-state index contributed by atoms with van der Waals surface area (Å²) < 4.78 is 5.19. The molecule has 1 saturated heterocycles. The van der Waals surface area contributed by atoms with Crippen molar-refractivity contribution in [3.05, 3.63) is 11.8 Å². The molecule has 0 saturated carbocycles.